The molecular formula is C16H18F2N2O3. The highest BCUT2D eigenvalue weighted by molar-refractivity contribution is 6.02. The van der Waals surface area contributed by atoms with Crippen LogP contribution in [0.1, 0.15) is 25.7 Å². The molecule has 3 rings (SSSR count). The largest absolute Gasteiger partial charge is 0.383 e. The molecule has 1 aromatic carbocycles. The first kappa shape index (κ1) is 15.9. The number of benzene rings is 1. The molecule has 1 aromatic rings. The van der Waals surface area contributed by atoms with Crippen molar-refractivity contribution in [3.05, 3.63) is 30.3 Å². The van der Waals surface area contributed by atoms with Gasteiger partial charge >= 0.3 is 5.92 Å². The van der Waals surface area contributed by atoms with Crippen molar-refractivity contribution in [1.82, 2.24) is 5.32 Å². The number of halogens is 2. The summed E-state index contributed by atoms with van der Waals surface area (Å²) in [6.07, 6.45) is 0.502. The average molecular weight is 324 g/mol. The van der Waals surface area contributed by atoms with E-state index in [0.717, 1.165) is 0 Å². The molecule has 2 aliphatic rings. The molecule has 0 aromatic heterocycles. The van der Waals surface area contributed by atoms with Crippen LogP contribution in [-0.4, -0.2) is 41.0 Å². The predicted molar refractivity (Wildman–Crippen MR) is 79.1 cm³/mol. The lowest BCUT2D eigenvalue weighted by Gasteiger charge is -2.41. The van der Waals surface area contributed by atoms with Gasteiger partial charge in [-0.2, -0.15) is 8.78 Å². The molecule has 0 spiro atoms. The average Bonchev–Trinajstić information content (AvgIpc) is 2.86. The number of hydrogen-bond donors (Lipinski definition) is 2. The minimum Gasteiger partial charge on any atom is -0.383 e. The van der Waals surface area contributed by atoms with Gasteiger partial charge in [0.15, 0.2) is 0 Å². The number of para-hydroxylation sites is 1. The van der Waals surface area contributed by atoms with Gasteiger partial charge in [-0.1, -0.05) is 18.2 Å². The Morgan fingerprint density at radius 1 is 1.30 bits per heavy atom. The lowest BCUT2D eigenvalue weighted by atomic mass is 9.75. The van der Waals surface area contributed by atoms with Gasteiger partial charge in [-0.3, -0.25) is 9.59 Å². The predicted octanol–water partition coefficient (Wildman–Crippen LogP) is 1.46. The maximum Gasteiger partial charge on any atom is 0.352 e. The van der Waals surface area contributed by atoms with Gasteiger partial charge in [-0.05, 0) is 37.8 Å². The molecule has 2 N–H and O–H groups in total. The van der Waals surface area contributed by atoms with Gasteiger partial charge < -0.3 is 15.3 Å². The van der Waals surface area contributed by atoms with Gasteiger partial charge in [-0.25, -0.2) is 0 Å². The number of aliphatic hydroxyl groups is 1. The van der Waals surface area contributed by atoms with Crippen molar-refractivity contribution < 1.29 is 23.5 Å². The topological polar surface area (TPSA) is 69.6 Å². The molecule has 1 aliphatic heterocycles. The standard InChI is InChI=1S/C16H18F2N2O3/c17-16(18,15(23)8-4-9-15)14(22)19-12-7-10-20(13(12)21)11-5-2-1-3-6-11/h1-3,5-6,12,23H,4,7-10H2,(H,19,22). The minimum atomic E-state index is -3.88. The fourth-order valence-electron chi connectivity index (χ4n) is 2.96. The Hall–Kier alpha value is -2.02. The van der Waals surface area contributed by atoms with Crippen LogP contribution in [0.4, 0.5) is 14.5 Å². The number of hydrogen-bond acceptors (Lipinski definition) is 3. The molecule has 0 bridgehead atoms. The van der Waals surface area contributed by atoms with Gasteiger partial charge in [0.1, 0.15) is 11.6 Å². The summed E-state index contributed by atoms with van der Waals surface area (Å²) < 4.78 is 28.1. The quantitative estimate of drug-likeness (QED) is 0.881. The smallest absolute Gasteiger partial charge is 0.352 e. The summed E-state index contributed by atoms with van der Waals surface area (Å²) in [5, 5.41) is 11.9. The number of alkyl halides is 2. The summed E-state index contributed by atoms with van der Waals surface area (Å²) in [5.74, 6) is -5.87. The molecule has 1 saturated heterocycles. The van der Waals surface area contributed by atoms with Crippen molar-refractivity contribution in [3.63, 3.8) is 0 Å². The summed E-state index contributed by atoms with van der Waals surface area (Å²) in [5.41, 5.74) is -1.61. The lowest BCUT2D eigenvalue weighted by molar-refractivity contribution is -0.216. The number of nitrogens with zero attached hydrogens (tertiary/aromatic N) is 1. The molecule has 1 heterocycles. The van der Waals surface area contributed by atoms with Crippen LogP contribution in [0.25, 0.3) is 0 Å². The van der Waals surface area contributed by atoms with Crippen molar-refractivity contribution in [1.29, 1.82) is 0 Å². The number of nitrogens with one attached hydrogen (secondary N) is 1. The van der Waals surface area contributed by atoms with Crippen molar-refractivity contribution >= 4 is 17.5 Å². The van der Waals surface area contributed by atoms with E-state index in [4.69, 9.17) is 0 Å². The summed E-state index contributed by atoms with van der Waals surface area (Å²) in [6.45, 7) is 0.351. The molecule has 2 amide bonds. The van der Waals surface area contributed by atoms with E-state index in [1.165, 1.54) is 4.90 Å². The Kier molecular flexibility index (Phi) is 3.83. The molecule has 124 valence electrons. The maximum atomic E-state index is 14.1. The Morgan fingerprint density at radius 2 is 1.96 bits per heavy atom. The second-order valence-corrected chi connectivity index (χ2v) is 6.10. The zero-order valence-electron chi connectivity index (χ0n) is 12.5. The van der Waals surface area contributed by atoms with Crippen LogP contribution in [0.3, 0.4) is 0 Å². The summed E-state index contributed by atoms with van der Waals surface area (Å²) in [6, 6.07) is 7.85. The molecule has 2 fully saturated rings. The number of carbonyl (C=O) groups is 2. The lowest BCUT2D eigenvalue weighted by Crippen LogP contribution is -2.62. The highest BCUT2D eigenvalue weighted by atomic mass is 19.3. The van der Waals surface area contributed by atoms with Gasteiger partial charge in [0, 0.05) is 12.2 Å². The third-order valence-corrected chi connectivity index (χ3v) is 4.63. The Morgan fingerprint density at radius 3 is 2.52 bits per heavy atom. The molecule has 1 saturated carbocycles. The normalized spacial score (nSPS) is 23.5. The van der Waals surface area contributed by atoms with Crippen molar-refractivity contribution in [3.8, 4) is 0 Å². The highest BCUT2D eigenvalue weighted by Crippen LogP contribution is 2.44. The summed E-state index contributed by atoms with van der Waals surface area (Å²) >= 11 is 0. The molecule has 7 heteroatoms. The zero-order chi connectivity index (χ0) is 16.7. The number of rotatable bonds is 4. The van der Waals surface area contributed by atoms with E-state index in [2.05, 4.69) is 5.32 Å². The fraction of sp³-hybridized carbons (Fsp3) is 0.500. The first-order valence-corrected chi connectivity index (χ1v) is 7.63. The Bertz CT molecular complexity index is 617. The van der Waals surface area contributed by atoms with E-state index in [1.54, 1.807) is 24.3 Å². The van der Waals surface area contributed by atoms with E-state index >= 15 is 0 Å². The molecule has 0 radical (unpaired) electrons. The number of amides is 2. The SMILES string of the molecule is O=C1C(NC(=O)C(F)(F)C2(O)CCC2)CCN1c1ccccc1. The number of anilines is 1. The summed E-state index contributed by atoms with van der Waals surface area (Å²) in [7, 11) is 0. The monoisotopic (exact) mass is 324 g/mol. The van der Waals surface area contributed by atoms with E-state index in [0.29, 0.717) is 18.7 Å². The van der Waals surface area contributed by atoms with E-state index in [9.17, 15) is 23.5 Å². The van der Waals surface area contributed by atoms with E-state index in [1.807, 2.05) is 6.07 Å². The molecule has 1 aliphatic carbocycles. The van der Waals surface area contributed by atoms with E-state index in [-0.39, 0.29) is 19.3 Å². The first-order valence-electron chi connectivity index (χ1n) is 7.63. The third kappa shape index (κ3) is 2.59. The Labute approximate surface area is 132 Å². The first-order chi connectivity index (χ1) is 10.8. The molecular weight excluding hydrogens is 306 g/mol. The third-order valence-electron chi connectivity index (χ3n) is 4.63. The Balaban J connectivity index is 1.67. The van der Waals surface area contributed by atoms with Crippen LogP contribution in [-0.2, 0) is 9.59 Å². The van der Waals surface area contributed by atoms with Crippen LogP contribution < -0.4 is 10.2 Å². The fourth-order valence-corrected chi connectivity index (χ4v) is 2.96. The van der Waals surface area contributed by atoms with Gasteiger partial charge in [0.25, 0.3) is 5.91 Å². The van der Waals surface area contributed by atoms with Crippen LogP contribution in [0, 0.1) is 0 Å². The van der Waals surface area contributed by atoms with Crippen LogP contribution in [0.5, 0.6) is 0 Å². The molecule has 1 atom stereocenters. The van der Waals surface area contributed by atoms with Gasteiger partial charge in [0.05, 0.1) is 0 Å². The van der Waals surface area contributed by atoms with Crippen molar-refractivity contribution in [2.45, 2.75) is 43.2 Å². The second kappa shape index (κ2) is 5.56. The molecule has 5 nitrogen and oxygen atoms in total. The van der Waals surface area contributed by atoms with Crippen LogP contribution >= 0.6 is 0 Å². The van der Waals surface area contributed by atoms with Crippen LogP contribution in [0.2, 0.25) is 0 Å². The van der Waals surface area contributed by atoms with Crippen molar-refractivity contribution in [2.75, 3.05) is 11.4 Å². The van der Waals surface area contributed by atoms with Crippen molar-refractivity contribution in [2.24, 2.45) is 0 Å². The summed E-state index contributed by atoms with van der Waals surface area (Å²) in [4.78, 5) is 25.6. The van der Waals surface area contributed by atoms with E-state index < -0.39 is 29.4 Å². The van der Waals surface area contributed by atoms with Crippen LogP contribution in [0.15, 0.2) is 30.3 Å². The zero-order valence-corrected chi connectivity index (χ0v) is 12.5. The minimum absolute atomic E-state index is 0.109. The van der Waals surface area contributed by atoms with Gasteiger partial charge in [0.2, 0.25) is 5.91 Å². The highest BCUT2D eigenvalue weighted by Gasteiger charge is 2.61. The molecule has 1 unspecified atom stereocenters. The maximum absolute atomic E-state index is 14.1. The molecule has 23 heavy (non-hydrogen) atoms. The van der Waals surface area contributed by atoms with Gasteiger partial charge in [-0.15, -0.1) is 0 Å². The number of carbonyl (C=O) groups excluding carboxylic acids is 2. The second-order valence-electron chi connectivity index (χ2n) is 6.10.